The van der Waals surface area contributed by atoms with E-state index in [0.29, 0.717) is 13.2 Å². The van der Waals surface area contributed by atoms with Crippen molar-refractivity contribution in [2.75, 3.05) is 13.2 Å². The van der Waals surface area contributed by atoms with Gasteiger partial charge in [0.25, 0.3) is 0 Å². The summed E-state index contributed by atoms with van der Waals surface area (Å²) in [4.78, 5) is 15.8. The van der Waals surface area contributed by atoms with Crippen molar-refractivity contribution in [1.82, 2.24) is 14.9 Å². The van der Waals surface area contributed by atoms with Crippen LogP contribution in [-0.2, 0) is 17.8 Å². The van der Waals surface area contributed by atoms with E-state index in [-0.39, 0.29) is 5.91 Å². The lowest BCUT2D eigenvalue weighted by molar-refractivity contribution is -0.118. The second-order valence-electron chi connectivity index (χ2n) is 6.87. The van der Waals surface area contributed by atoms with Gasteiger partial charge in [-0.2, -0.15) is 0 Å². The fourth-order valence-electron chi connectivity index (χ4n) is 3.19. The van der Waals surface area contributed by atoms with Gasteiger partial charge in [-0.25, -0.2) is 4.98 Å². The van der Waals surface area contributed by atoms with Gasteiger partial charge in [-0.1, -0.05) is 24.3 Å². The van der Waals surface area contributed by atoms with Crippen molar-refractivity contribution < 1.29 is 9.53 Å². The Labute approximate surface area is 160 Å². The van der Waals surface area contributed by atoms with Gasteiger partial charge in [-0.3, -0.25) is 4.79 Å². The molecule has 142 valence electrons. The number of imidazole rings is 1. The highest BCUT2D eigenvalue weighted by Gasteiger charge is 2.11. The average Bonchev–Trinajstić information content (AvgIpc) is 2.99. The molecule has 0 fully saturated rings. The van der Waals surface area contributed by atoms with Gasteiger partial charge in [0.1, 0.15) is 18.2 Å². The van der Waals surface area contributed by atoms with Gasteiger partial charge in [-0.05, 0) is 49.6 Å². The molecule has 0 bridgehead atoms. The lowest BCUT2D eigenvalue weighted by Crippen LogP contribution is -2.21. The summed E-state index contributed by atoms with van der Waals surface area (Å²) in [6, 6.07) is 14.4. The molecule has 0 saturated carbocycles. The van der Waals surface area contributed by atoms with Crippen LogP contribution in [0, 0.1) is 13.8 Å². The quantitative estimate of drug-likeness (QED) is 0.618. The summed E-state index contributed by atoms with van der Waals surface area (Å²) in [5.74, 6) is 1.98. The molecule has 5 heteroatoms. The Balaban J connectivity index is 1.70. The standard InChI is InChI=1S/C22H27N3O2/c1-16-10-11-17(2)21(15-16)27-14-13-25-20-8-5-4-7-19(20)24-22(25)9-6-12-23-18(3)26/h4-5,7-8,10-11,15H,6,9,12-14H2,1-3H3,(H,23,26). The van der Waals surface area contributed by atoms with Gasteiger partial charge in [0, 0.05) is 19.9 Å². The van der Waals surface area contributed by atoms with Gasteiger partial charge >= 0.3 is 0 Å². The number of carbonyl (C=O) groups excluding carboxylic acids is 1. The summed E-state index contributed by atoms with van der Waals surface area (Å²) in [5, 5.41) is 2.84. The Kier molecular flexibility index (Phi) is 6.12. The molecule has 1 heterocycles. The fraction of sp³-hybridized carbons (Fsp3) is 0.364. The van der Waals surface area contributed by atoms with Crippen molar-refractivity contribution in [3.8, 4) is 5.75 Å². The molecule has 0 saturated heterocycles. The predicted octanol–water partition coefficient (Wildman–Crippen LogP) is 3.80. The van der Waals surface area contributed by atoms with Crippen LogP contribution in [0.15, 0.2) is 42.5 Å². The van der Waals surface area contributed by atoms with E-state index in [9.17, 15) is 4.79 Å². The first-order valence-electron chi connectivity index (χ1n) is 9.43. The van der Waals surface area contributed by atoms with E-state index in [4.69, 9.17) is 9.72 Å². The second kappa shape index (κ2) is 8.71. The van der Waals surface area contributed by atoms with E-state index in [1.165, 1.54) is 5.56 Å². The Bertz CT molecular complexity index is 930. The molecule has 0 spiro atoms. The van der Waals surface area contributed by atoms with Crippen LogP contribution < -0.4 is 10.1 Å². The zero-order chi connectivity index (χ0) is 19.2. The fourth-order valence-corrected chi connectivity index (χ4v) is 3.19. The Morgan fingerprint density at radius 3 is 2.81 bits per heavy atom. The van der Waals surface area contributed by atoms with Gasteiger partial charge in [0.05, 0.1) is 17.6 Å². The molecule has 0 aliphatic carbocycles. The molecule has 0 unspecified atom stereocenters. The van der Waals surface area contributed by atoms with Crippen molar-refractivity contribution in [2.24, 2.45) is 0 Å². The largest absolute Gasteiger partial charge is 0.491 e. The molecule has 0 aliphatic rings. The molecule has 5 nitrogen and oxygen atoms in total. The van der Waals surface area contributed by atoms with Crippen LogP contribution in [0.1, 0.15) is 30.3 Å². The highest BCUT2D eigenvalue weighted by Crippen LogP contribution is 2.20. The van der Waals surface area contributed by atoms with E-state index in [0.717, 1.165) is 47.6 Å². The van der Waals surface area contributed by atoms with E-state index in [1.54, 1.807) is 6.92 Å². The molecule has 2 aromatic carbocycles. The van der Waals surface area contributed by atoms with Crippen molar-refractivity contribution >= 4 is 16.9 Å². The van der Waals surface area contributed by atoms with Crippen molar-refractivity contribution in [3.05, 3.63) is 59.4 Å². The number of carbonyl (C=O) groups is 1. The van der Waals surface area contributed by atoms with Crippen LogP contribution in [0.2, 0.25) is 0 Å². The molecule has 1 N–H and O–H groups in total. The molecular weight excluding hydrogens is 338 g/mol. The number of rotatable bonds is 8. The summed E-state index contributed by atoms with van der Waals surface area (Å²) in [6.07, 6.45) is 1.68. The number of amides is 1. The molecule has 1 amide bonds. The number of aromatic nitrogens is 2. The van der Waals surface area contributed by atoms with Gasteiger partial charge in [-0.15, -0.1) is 0 Å². The minimum absolute atomic E-state index is 0.00503. The van der Waals surface area contributed by atoms with Crippen LogP contribution in [-0.4, -0.2) is 28.6 Å². The third kappa shape index (κ3) is 4.88. The zero-order valence-electron chi connectivity index (χ0n) is 16.3. The maximum absolute atomic E-state index is 11.0. The second-order valence-corrected chi connectivity index (χ2v) is 6.87. The lowest BCUT2D eigenvalue weighted by Gasteiger charge is -2.13. The third-order valence-electron chi connectivity index (χ3n) is 4.60. The van der Waals surface area contributed by atoms with Gasteiger partial charge < -0.3 is 14.6 Å². The van der Waals surface area contributed by atoms with Gasteiger partial charge in [0.2, 0.25) is 5.91 Å². The molecule has 0 atom stereocenters. The highest BCUT2D eigenvalue weighted by atomic mass is 16.5. The number of ether oxygens (including phenoxy) is 1. The minimum atomic E-state index is 0.00503. The van der Waals surface area contributed by atoms with E-state index < -0.39 is 0 Å². The normalized spacial score (nSPS) is 10.9. The molecule has 3 rings (SSSR count). The number of nitrogens with one attached hydrogen (secondary N) is 1. The smallest absolute Gasteiger partial charge is 0.216 e. The first-order chi connectivity index (χ1) is 13.0. The van der Waals surface area contributed by atoms with Crippen molar-refractivity contribution in [3.63, 3.8) is 0 Å². The molecule has 3 aromatic rings. The Morgan fingerprint density at radius 1 is 1.19 bits per heavy atom. The van der Waals surface area contributed by atoms with Crippen LogP contribution in [0.4, 0.5) is 0 Å². The van der Waals surface area contributed by atoms with Crippen LogP contribution in [0.5, 0.6) is 5.75 Å². The number of benzene rings is 2. The van der Waals surface area contributed by atoms with Crippen LogP contribution in [0.25, 0.3) is 11.0 Å². The van der Waals surface area contributed by atoms with Crippen LogP contribution in [0.3, 0.4) is 0 Å². The highest BCUT2D eigenvalue weighted by molar-refractivity contribution is 5.76. The summed E-state index contributed by atoms with van der Waals surface area (Å²) in [6.45, 7) is 7.67. The number of para-hydroxylation sites is 2. The Hall–Kier alpha value is -2.82. The van der Waals surface area contributed by atoms with Crippen LogP contribution >= 0.6 is 0 Å². The summed E-state index contributed by atoms with van der Waals surface area (Å²) in [7, 11) is 0. The van der Waals surface area contributed by atoms with E-state index >= 15 is 0 Å². The molecular formula is C22H27N3O2. The predicted molar refractivity (Wildman–Crippen MR) is 108 cm³/mol. The minimum Gasteiger partial charge on any atom is -0.491 e. The number of aryl methyl sites for hydroxylation is 3. The zero-order valence-corrected chi connectivity index (χ0v) is 16.3. The third-order valence-corrected chi connectivity index (χ3v) is 4.60. The molecule has 27 heavy (non-hydrogen) atoms. The van der Waals surface area contributed by atoms with E-state index in [1.807, 2.05) is 18.2 Å². The average molecular weight is 365 g/mol. The molecule has 0 radical (unpaired) electrons. The number of fused-ring (bicyclic) bond motifs is 1. The summed E-state index contributed by atoms with van der Waals surface area (Å²) in [5.41, 5.74) is 4.46. The molecule has 0 aliphatic heterocycles. The number of nitrogens with zero attached hydrogens (tertiary/aromatic N) is 2. The summed E-state index contributed by atoms with van der Waals surface area (Å²) >= 11 is 0. The Morgan fingerprint density at radius 2 is 2.00 bits per heavy atom. The molecule has 1 aromatic heterocycles. The summed E-state index contributed by atoms with van der Waals surface area (Å²) < 4.78 is 8.28. The van der Waals surface area contributed by atoms with Gasteiger partial charge in [0.15, 0.2) is 0 Å². The maximum atomic E-state index is 11.0. The lowest BCUT2D eigenvalue weighted by atomic mass is 10.1. The number of hydrogen-bond donors (Lipinski definition) is 1. The topological polar surface area (TPSA) is 56.2 Å². The maximum Gasteiger partial charge on any atom is 0.216 e. The first-order valence-corrected chi connectivity index (χ1v) is 9.43. The van der Waals surface area contributed by atoms with Crippen molar-refractivity contribution in [1.29, 1.82) is 0 Å². The van der Waals surface area contributed by atoms with E-state index in [2.05, 4.69) is 48.0 Å². The monoisotopic (exact) mass is 365 g/mol. The SMILES string of the molecule is CC(=O)NCCCc1nc2ccccc2n1CCOc1cc(C)ccc1C. The number of hydrogen-bond acceptors (Lipinski definition) is 3. The first kappa shape index (κ1) is 19.0. The van der Waals surface area contributed by atoms with Crippen molar-refractivity contribution in [2.45, 2.75) is 40.2 Å².